The molecule has 0 unspecified atom stereocenters. The van der Waals surface area contributed by atoms with Crippen LogP contribution in [0.5, 0.6) is 0 Å². The number of hydrogen-bond donors (Lipinski definition) is 1. The van der Waals surface area contributed by atoms with Crippen molar-refractivity contribution in [2.24, 2.45) is 0 Å². The average Bonchev–Trinajstić information content (AvgIpc) is 1.63. The van der Waals surface area contributed by atoms with Crippen molar-refractivity contribution in [3.05, 3.63) is 11.1 Å². The Morgan fingerprint density at radius 1 is 1.89 bits per heavy atom. The molecule has 0 saturated carbocycles. The van der Waals surface area contributed by atoms with Gasteiger partial charge in [-0.3, -0.25) is 0 Å². The van der Waals surface area contributed by atoms with Gasteiger partial charge in [0.25, 0.3) is 0 Å². The Bertz CT molecular complexity index is 135. The topological polar surface area (TPSA) is 67.8 Å². The number of hydrogen-bond acceptors (Lipinski definition) is 2. The van der Waals surface area contributed by atoms with Gasteiger partial charge in [-0.1, -0.05) is 22.5 Å². The number of quaternary nitrogens is 1. The molecule has 4 heteroatoms. The van der Waals surface area contributed by atoms with E-state index in [1.165, 1.54) is 0 Å². The smallest absolute Gasteiger partial charge is 0.129 e. The molecule has 0 radical (unpaired) electrons. The molecule has 0 bridgehead atoms. The normalized spacial score (nSPS) is 12.7. The molecule has 0 fully saturated rings. The maximum absolute atomic E-state index is 10.00. The first kappa shape index (κ1) is 8.65. The third kappa shape index (κ3) is 4.17. The molecule has 0 aliphatic heterocycles. The summed E-state index contributed by atoms with van der Waals surface area (Å²) in [6.07, 6.45) is 0.322. The lowest BCUT2D eigenvalue weighted by atomic mass is 10.2. The first-order chi connectivity index (χ1) is 4.04. The van der Waals surface area contributed by atoms with E-state index in [-0.39, 0.29) is 0 Å². The number of carbonyl (C=O) groups excluding carboxylic acids is 1. The Morgan fingerprint density at radius 2 is 2.33 bits per heavy atom. The Hall–Kier alpha value is -0.350. The zero-order valence-corrected chi connectivity index (χ0v) is 6.48. The number of carboxylic acids is 1. The number of carboxylic acid groups (broad SMARTS) is 1. The minimum atomic E-state index is -1.14. The lowest BCUT2D eigenvalue weighted by Gasteiger charge is -2.06. The van der Waals surface area contributed by atoms with Crippen molar-refractivity contribution < 1.29 is 15.6 Å². The Morgan fingerprint density at radius 3 is 2.44 bits per heavy atom. The van der Waals surface area contributed by atoms with Crippen LogP contribution in [0.15, 0.2) is 11.1 Å². The maximum atomic E-state index is 10.00. The molecule has 52 valence electrons. The van der Waals surface area contributed by atoms with Crippen molar-refractivity contribution in [3.8, 4) is 0 Å². The third-order valence-corrected chi connectivity index (χ3v) is 1.12. The summed E-state index contributed by atoms with van der Waals surface area (Å²) in [5.41, 5.74) is 3.32. The van der Waals surface area contributed by atoms with E-state index >= 15 is 0 Å². The van der Waals surface area contributed by atoms with Crippen LogP contribution in [0.4, 0.5) is 0 Å². The molecule has 0 aromatic rings. The number of halogens is 1. The predicted octanol–water partition coefficient (Wildman–Crippen LogP) is -1.35. The van der Waals surface area contributed by atoms with Gasteiger partial charge in [-0.2, -0.15) is 0 Å². The lowest BCUT2D eigenvalue weighted by Crippen LogP contribution is -2.68. The van der Waals surface area contributed by atoms with Crippen molar-refractivity contribution in [2.75, 3.05) is 0 Å². The van der Waals surface area contributed by atoms with Crippen molar-refractivity contribution >= 4 is 21.9 Å². The molecular formula is C5H8BrNO2. The van der Waals surface area contributed by atoms with Gasteiger partial charge in [0, 0.05) is 6.42 Å². The second-order valence-corrected chi connectivity index (χ2v) is 2.86. The lowest BCUT2D eigenvalue weighted by molar-refractivity contribution is -0.436. The molecule has 0 aromatic heterocycles. The van der Waals surface area contributed by atoms with Crippen molar-refractivity contribution in [2.45, 2.75) is 12.5 Å². The van der Waals surface area contributed by atoms with E-state index in [0.29, 0.717) is 10.9 Å². The molecule has 1 atom stereocenters. The average molecular weight is 194 g/mol. The first-order valence-corrected chi connectivity index (χ1v) is 3.20. The molecule has 9 heavy (non-hydrogen) atoms. The van der Waals surface area contributed by atoms with Crippen molar-refractivity contribution in [3.63, 3.8) is 0 Å². The fourth-order valence-corrected chi connectivity index (χ4v) is 0.741. The van der Waals surface area contributed by atoms with Gasteiger partial charge in [0.1, 0.15) is 6.04 Å². The third-order valence-electron chi connectivity index (χ3n) is 0.801. The second kappa shape index (κ2) is 3.63. The van der Waals surface area contributed by atoms with Crippen LogP contribution in [0.1, 0.15) is 6.42 Å². The van der Waals surface area contributed by atoms with Gasteiger partial charge in [-0.25, -0.2) is 0 Å². The second-order valence-electron chi connectivity index (χ2n) is 1.74. The summed E-state index contributed by atoms with van der Waals surface area (Å²) in [6.45, 7) is 3.46. The molecule has 3 N–H and O–H groups in total. The van der Waals surface area contributed by atoms with Gasteiger partial charge in [0.05, 0.1) is 5.97 Å². The van der Waals surface area contributed by atoms with Gasteiger partial charge in [-0.15, -0.1) is 0 Å². The first-order valence-electron chi connectivity index (χ1n) is 2.41. The van der Waals surface area contributed by atoms with Crippen molar-refractivity contribution in [1.29, 1.82) is 0 Å². The minimum absolute atomic E-state index is 0.322. The van der Waals surface area contributed by atoms with Crippen LogP contribution in [-0.2, 0) is 4.79 Å². The molecule has 0 heterocycles. The summed E-state index contributed by atoms with van der Waals surface area (Å²) >= 11 is 3.02. The van der Waals surface area contributed by atoms with E-state index in [2.05, 4.69) is 28.2 Å². The molecule has 0 spiro atoms. The highest BCUT2D eigenvalue weighted by Gasteiger charge is 2.06. The van der Waals surface area contributed by atoms with Crippen LogP contribution in [0.2, 0.25) is 0 Å². The fourth-order valence-electron chi connectivity index (χ4n) is 0.351. The van der Waals surface area contributed by atoms with E-state index in [1.807, 2.05) is 0 Å². The summed E-state index contributed by atoms with van der Waals surface area (Å²) in [5.74, 6) is -1.14. The van der Waals surface area contributed by atoms with Gasteiger partial charge in [0.15, 0.2) is 0 Å². The molecule has 0 aliphatic carbocycles. The van der Waals surface area contributed by atoms with Gasteiger partial charge in [-0.05, 0) is 4.48 Å². The van der Waals surface area contributed by atoms with Gasteiger partial charge >= 0.3 is 0 Å². The highest BCUT2D eigenvalue weighted by Crippen LogP contribution is 2.06. The quantitative estimate of drug-likeness (QED) is 0.603. The predicted molar refractivity (Wildman–Crippen MR) is 34.4 cm³/mol. The highest BCUT2D eigenvalue weighted by molar-refractivity contribution is 9.11. The molecule has 0 rings (SSSR count). The molecule has 0 amide bonds. The Labute approximate surface area is 61.7 Å². The van der Waals surface area contributed by atoms with Crippen LogP contribution in [0.25, 0.3) is 0 Å². The zero-order chi connectivity index (χ0) is 7.44. The maximum Gasteiger partial charge on any atom is 0.129 e. The fraction of sp³-hybridized carbons (Fsp3) is 0.400. The van der Waals surface area contributed by atoms with Gasteiger partial charge in [0.2, 0.25) is 0 Å². The van der Waals surface area contributed by atoms with Crippen LogP contribution in [0.3, 0.4) is 0 Å². The van der Waals surface area contributed by atoms with E-state index in [4.69, 9.17) is 0 Å². The molecule has 0 aromatic carbocycles. The molecule has 0 saturated heterocycles. The summed E-state index contributed by atoms with van der Waals surface area (Å²) in [4.78, 5) is 10.00. The van der Waals surface area contributed by atoms with Crippen LogP contribution in [0, 0.1) is 0 Å². The molecular weight excluding hydrogens is 186 g/mol. The number of rotatable bonds is 3. The SMILES string of the molecule is C=C(Br)C[C@H]([NH3+])C(=O)[O-]. The zero-order valence-electron chi connectivity index (χ0n) is 4.89. The highest BCUT2D eigenvalue weighted by atomic mass is 79.9. The van der Waals surface area contributed by atoms with Crippen LogP contribution >= 0.6 is 15.9 Å². The van der Waals surface area contributed by atoms with E-state index < -0.39 is 12.0 Å². The monoisotopic (exact) mass is 193 g/mol. The van der Waals surface area contributed by atoms with E-state index in [9.17, 15) is 9.90 Å². The van der Waals surface area contributed by atoms with E-state index in [1.54, 1.807) is 0 Å². The Kier molecular flexibility index (Phi) is 3.49. The molecule has 3 nitrogen and oxygen atoms in total. The number of carbonyl (C=O) groups is 1. The summed E-state index contributed by atoms with van der Waals surface area (Å²) < 4.78 is 0.631. The summed E-state index contributed by atoms with van der Waals surface area (Å²) in [6, 6.07) is -0.697. The minimum Gasteiger partial charge on any atom is -0.544 e. The number of aliphatic carboxylic acids is 1. The summed E-state index contributed by atoms with van der Waals surface area (Å²) in [5, 5.41) is 10.00. The Balaban J connectivity index is 3.63. The largest absolute Gasteiger partial charge is 0.544 e. The van der Waals surface area contributed by atoms with E-state index in [0.717, 1.165) is 0 Å². The van der Waals surface area contributed by atoms with Gasteiger partial charge < -0.3 is 15.6 Å². The summed E-state index contributed by atoms with van der Waals surface area (Å²) in [7, 11) is 0. The van der Waals surface area contributed by atoms with Crippen molar-refractivity contribution in [1.82, 2.24) is 0 Å². The molecule has 0 aliphatic rings. The van der Waals surface area contributed by atoms with Crippen LogP contribution < -0.4 is 10.8 Å². The van der Waals surface area contributed by atoms with Crippen LogP contribution in [-0.4, -0.2) is 12.0 Å². The standard InChI is InChI=1S/C5H8BrNO2/c1-3(6)2-4(7)5(8)9/h4H,1-2,7H2,(H,8,9)/t4-/m0/s1.